The maximum absolute atomic E-state index is 12.4. The number of rotatable bonds is 4. The fourth-order valence-electron chi connectivity index (χ4n) is 1.56. The van der Waals surface area contributed by atoms with E-state index in [0.29, 0.717) is 6.42 Å². The molecule has 0 saturated carbocycles. The molecule has 0 N–H and O–H groups in total. The van der Waals surface area contributed by atoms with Crippen molar-refractivity contribution in [3.63, 3.8) is 0 Å². The summed E-state index contributed by atoms with van der Waals surface area (Å²) in [4.78, 5) is 11.5. The van der Waals surface area contributed by atoms with E-state index in [-0.39, 0.29) is 6.54 Å². The molecule has 0 unspecified atom stereocenters. The molecule has 0 aliphatic heterocycles. The van der Waals surface area contributed by atoms with Crippen molar-refractivity contribution in [1.29, 1.82) is 0 Å². The first-order chi connectivity index (χ1) is 8.59. The maximum Gasteiger partial charge on any atom is 0.407 e. The van der Waals surface area contributed by atoms with E-state index in [1.165, 1.54) is 0 Å². The second-order valence-corrected chi connectivity index (χ2v) is 3.82. The van der Waals surface area contributed by atoms with Crippen molar-refractivity contribution < 1.29 is 31.1 Å². The molecule has 0 atom stereocenters. The van der Waals surface area contributed by atoms with Gasteiger partial charge in [0.25, 0.3) is 0 Å². The molecule has 0 fully saturated rings. The lowest BCUT2D eigenvalue weighted by molar-refractivity contribution is -0.265. The molecule has 0 saturated heterocycles. The van der Waals surface area contributed by atoms with Crippen LogP contribution in [0.2, 0.25) is 0 Å². The number of Topliss-reactive ketones (excluding diaryl/α,β-unsaturated/α-hetero) is 1. The van der Waals surface area contributed by atoms with Gasteiger partial charge in [0, 0.05) is 12.7 Å². The van der Waals surface area contributed by atoms with Gasteiger partial charge < -0.3 is 0 Å². The van der Waals surface area contributed by atoms with Crippen LogP contribution in [-0.2, 0) is 6.54 Å². The molecule has 0 bridgehead atoms. The first-order valence-corrected chi connectivity index (χ1v) is 5.28. The number of nitrogens with zero attached hydrogens (tertiary/aromatic N) is 2. The van der Waals surface area contributed by atoms with E-state index in [4.69, 9.17) is 0 Å². The van der Waals surface area contributed by atoms with Gasteiger partial charge >= 0.3 is 12.4 Å². The molecule has 0 aromatic carbocycles. The second kappa shape index (κ2) is 5.22. The summed E-state index contributed by atoms with van der Waals surface area (Å²) >= 11 is 0. The topological polar surface area (TPSA) is 34.9 Å². The van der Waals surface area contributed by atoms with Gasteiger partial charge in [-0.15, -0.1) is 0 Å². The Balaban J connectivity index is 3.17. The Morgan fingerprint density at radius 1 is 1.26 bits per heavy atom. The Bertz CT molecular complexity index is 434. The number of ketones is 1. The van der Waals surface area contributed by atoms with Crippen LogP contribution in [0.25, 0.3) is 0 Å². The van der Waals surface area contributed by atoms with Gasteiger partial charge in [0.2, 0.25) is 11.7 Å². The van der Waals surface area contributed by atoms with Crippen LogP contribution in [0.5, 0.6) is 0 Å². The van der Waals surface area contributed by atoms with Crippen molar-refractivity contribution >= 4 is 5.78 Å². The smallest absolute Gasteiger partial charge is 0.291 e. The lowest BCUT2D eigenvalue weighted by Gasteiger charge is -2.21. The van der Waals surface area contributed by atoms with Crippen molar-refractivity contribution in [3.05, 3.63) is 18.0 Å². The minimum Gasteiger partial charge on any atom is -0.291 e. The summed E-state index contributed by atoms with van der Waals surface area (Å²) in [6.07, 6.45) is -9.95. The van der Waals surface area contributed by atoms with Gasteiger partial charge in [-0.25, -0.2) is 0 Å². The molecule has 0 radical (unpaired) electrons. The number of alkyl halides is 6. The van der Waals surface area contributed by atoms with Crippen molar-refractivity contribution in [2.45, 2.75) is 32.2 Å². The molecule has 0 aliphatic carbocycles. The molecular weight excluding hydrogens is 278 g/mol. The van der Waals surface area contributed by atoms with Crippen LogP contribution < -0.4 is 0 Å². The Hall–Kier alpha value is -1.54. The number of hydrogen-bond acceptors (Lipinski definition) is 2. The van der Waals surface area contributed by atoms with Crippen LogP contribution in [0.1, 0.15) is 23.8 Å². The van der Waals surface area contributed by atoms with Crippen LogP contribution in [0.3, 0.4) is 0 Å². The fraction of sp³-hybridized carbons (Fsp3) is 0.600. The monoisotopic (exact) mass is 288 g/mol. The third-order valence-corrected chi connectivity index (χ3v) is 2.32. The van der Waals surface area contributed by atoms with Crippen molar-refractivity contribution in [2.24, 2.45) is 5.92 Å². The molecule has 1 aromatic rings. The molecule has 19 heavy (non-hydrogen) atoms. The third kappa shape index (κ3) is 3.48. The SMILES string of the molecule is CCCn1nccc1C(=O)C(C(F)(F)F)C(F)(F)F. The molecule has 9 heteroatoms. The summed E-state index contributed by atoms with van der Waals surface area (Å²) in [6, 6.07) is 0.850. The lowest BCUT2D eigenvalue weighted by Crippen LogP contribution is -2.43. The standard InChI is InChI=1S/C10H10F6N2O/c1-2-5-18-6(3-4-17-18)7(19)8(9(11,12)13)10(14,15)16/h3-4,8H,2,5H2,1H3. The van der Waals surface area contributed by atoms with Crippen LogP contribution >= 0.6 is 0 Å². The number of halogens is 6. The molecule has 1 aromatic heterocycles. The van der Waals surface area contributed by atoms with E-state index < -0.39 is 29.7 Å². The summed E-state index contributed by atoms with van der Waals surface area (Å²) < 4.78 is 75.3. The van der Waals surface area contributed by atoms with E-state index in [2.05, 4.69) is 5.10 Å². The highest BCUT2D eigenvalue weighted by Gasteiger charge is 2.61. The zero-order chi connectivity index (χ0) is 14.8. The van der Waals surface area contributed by atoms with Crippen LogP contribution in [-0.4, -0.2) is 27.9 Å². The average Bonchev–Trinajstić information content (AvgIpc) is 2.61. The Labute approximate surface area is 104 Å². The molecule has 1 heterocycles. The minimum atomic E-state index is -5.68. The van der Waals surface area contributed by atoms with Crippen LogP contribution in [0.4, 0.5) is 26.3 Å². The highest BCUT2D eigenvalue weighted by atomic mass is 19.4. The van der Waals surface area contributed by atoms with E-state index in [0.717, 1.165) is 16.9 Å². The summed E-state index contributed by atoms with van der Waals surface area (Å²) in [6.45, 7) is 1.72. The van der Waals surface area contributed by atoms with Gasteiger partial charge in [0.1, 0.15) is 5.69 Å². The minimum absolute atomic E-state index is 0.0660. The lowest BCUT2D eigenvalue weighted by atomic mass is 10.0. The van der Waals surface area contributed by atoms with Gasteiger partial charge in [-0.3, -0.25) is 9.48 Å². The third-order valence-electron chi connectivity index (χ3n) is 2.32. The zero-order valence-electron chi connectivity index (χ0n) is 9.72. The van der Waals surface area contributed by atoms with E-state index in [9.17, 15) is 31.1 Å². The molecule has 1 rings (SSSR count). The Morgan fingerprint density at radius 3 is 2.21 bits per heavy atom. The first kappa shape index (κ1) is 15.5. The largest absolute Gasteiger partial charge is 0.407 e. The van der Waals surface area contributed by atoms with E-state index in [1.807, 2.05) is 0 Å². The number of hydrogen-bond donors (Lipinski definition) is 0. The Kier molecular flexibility index (Phi) is 4.26. The predicted octanol–water partition coefficient (Wildman–Crippen LogP) is 3.22. The summed E-state index contributed by atoms with van der Waals surface area (Å²) in [5.41, 5.74) is -0.693. The highest BCUT2D eigenvalue weighted by Crippen LogP contribution is 2.41. The van der Waals surface area contributed by atoms with Gasteiger partial charge in [-0.1, -0.05) is 6.92 Å². The summed E-state index contributed by atoms with van der Waals surface area (Å²) in [7, 11) is 0. The second-order valence-electron chi connectivity index (χ2n) is 3.82. The number of aryl methyl sites for hydroxylation is 1. The van der Waals surface area contributed by atoms with Gasteiger partial charge in [-0.2, -0.15) is 31.4 Å². The highest BCUT2D eigenvalue weighted by molar-refractivity contribution is 5.97. The summed E-state index contributed by atoms with van der Waals surface area (Å²) in [5.74, 6) is -6.06. The van der Waals surface area contributed by atoms with Crippen LogP contribution in [0, 0.1) is 5.92 Å². The van der Waals surface area contributed by atoms with Gasteiger partial charge in [0.05, 0.1) is 0 Å². The number of carbonyl (C=O) groups is 1. The van der Waals surface area contributed by atoms with E-state index in [1.54, 1.807) is 6.92 Å². The molecule has 0 aliphatic rings. The predicted molar refractivity (Wildman–Crippen MR) is 52.4 cm³/mol. The average molecular weight is 288 g/mol. The van der Waals surface area contributed by atoms with Crippen molar-refractivity contribution in [3.8, 4) is 0 Å². The Morgan fingerprint density at radius 2 is 1.79 bits per heavy atom. The molecular formula is C10H10F6N2O. The van der Waals surface area contributed by atoms with E-state index >= 15 is 0 Å². The van der Waals surface area contributed by atoms with Crippen LogP contribution in [0.15, 0.2) is 12.3 Å². The molecule has 108 valence electrons. The van der Waals surface area contributed by atoms with Crippen molar-refractivity contribution in [2.75, 3.05) is 0 Å². The quantitative estimate of drug-likeness (QED) is 0.630. The number of carbonyl (C=O) groups excluding carboxylic acids is 1. The normalized spacial score (nSPS) is 13.1. The van der Waals surface area contributed by atoms with Gasteiger partial charge in [-0.05, 0) is 12.5 Å². The summed E-state index contributed by atoms with van der Waals surface area (Å²) in [5, 5.41) is 3.53. The number of aromatic nitrogens is 2. The zero-order valence-corrected chi connectivity index (χ0v) is 9.72. The first-order valence-electron chi connectivity index (χ1n) is 5.28. The molecule has 3 nitrogen and oxygen atoms in total. The fourth-order valence-corrected chi connectivity index (χ4v) is 1.56. The van der Waals surface area contributed by atoms with Gasteiger partial charge in [0.15, 0.2) is 0 Å². The molecule has 0 spiro atoms. The van der Waals surface area contributed by atoms with Crippen molar-refractivity contribution in [1.82, 2.24) is 9.78 Å². The maximum atomic E-state index is 12.4. The molecule has 0 amide bonds.